The SMILES string of the molecule is CCc1cnccc1C(NN)C1=CCCCO1. The van der Waals surface area contributed by atoms with Gasteiger partial charge in [-0.25, -0.2) is 5.43 Å². The minimum Gasteiger partial charge on any atom is -0.496 e. The Labute approximate surface area is 102 Å². The van der Waals surface area contributed by atoms with Gasteiger partial charge < -0.3 is 4.74 Å². The lowest BCUT2D eigenvalue weighted by atomic mass is 9.98. The number of aromatic nitrogens is 1. The molecule has 0 spiro atoms. The highest BCUT2D eigenvalue weighted by Crippen LogP contribution is 2.27. The zero-order valence-electron chi connectivity index (χ0n) is 10.1. The molecular weight excluding hydrogens is 214 g/mol. The number of hydrazine groups is 1. The third-order valence-corrected chi connectivity index (χ3v) is 3.05. The first-order valence-electron chi connectivity index (χ1n) is 6.08. The number of rotatable bonds is 4. The van der Waals surface area contributed by atoms with Gasteiger partial charge in [0.05, 0.1) is 6.61 Å². The standard InChI is InChI=1S/C13H19N3O/c1-2-10-9-15-7-6-11(10)13(16-14)12-5-3-4-8-17-12/h5-7,9,13,16H,2-4,8,14H2,1H3. The van der Waals surface area contributed by atoms with Crippen LogP contribution in [0.25, 0.3) is 0 Å². The molecule has 0 saturated carbocycles. The maximum absolute atomic E-state index is 5.68. The number of allylic oxidation sites excluding steroid dienone is 1. The van der Waals surface area contributed by atoms with Gasteiger partial charge in [0.15, 0.2) is 0 Å². The highest BCUT2D eigenvalue weighted by Gasteiger charge is 2.20. The number of hydrogen-bond donors (Lipinski definition) is 2. The topological polar surface area (TPSA) is 60.2 Å². The highest BCUT2D eigenvalue weighted by atomic mass is 16.5. The Bertz CT molecular complexity index is 403. The Morgan fingerprint density at radius 3 is 3.12 bits per heavy atom. The quantitative estimate of drug-likeness (QED) is 0.615. The van der Waals surface area contributed by atoms with Crippen LogP contribution in [0.2, 0.25) is 0 Å². The van der Waals surface area contributed by atoms with E-state index in [-0.39, 0.29) is 6.04 Å². The normalized spacial score (nSPS) is 17.2. The van der Waals surface area contributed by atoms with Crippen LogP contribution in [0.3, 0.4) is 0 Å². The number of hydrogen-bond acceptors (Lipinski definition) is 4. The van der Waals surface area contributed by atoms with Crippen LogP contribution in [0, 0.1) is 0 Å². The number of nitrogens with zero attached hydrogens (tertiary/aromatic N) is 1. The summed E-state index contributed by atoms with van der Waals surface area (Å²) < 4.78 is 5.68. The first-order valence-corrected chi connectivity index (χ1v) is 6.08. The molecule has 2 heterocycles. The van der Waals surface area contributed by atoms with Gasteiger partial charge in [0.25, 0.3) is 0 Å². The molecule has 1 aliphatic heterocycles. The van der Waals surface area contributed by atoms with Gasteiger partial charge in [0, 0.05) is 12.4 Å². The number of nitrogens with one attached hydrogen (secondary N) is 1. The van der Waals surface area contributed by atoms with Crippen LogP contribution in [-0.4, -0.2) is 11.6 Å². The molecule has 92 valence electrons. The van der Waals surface area contributed by atoms with Crippen molar-refractivity contribution in [2.24, 2.45) is 5.84 Å². The van der Waals surface area contributed by atoms with Crippen molar-refractivity contribution < 1.29 is 4.74 Å². The molecule has 0 aromatic carbocycles. The lowest BCUT2D eigenvalue weighted by molar-refractivity contribution is 0.167. The van der Waals surface area contributed by atoms with Crippen molar-refractivity contribution in [3.05, 3.63) is 41.4 Å². The van der Waals surface area contributed by atoms with E-state index < -0.39 is 0 Å². The zero-order valence-corrected chi connectivity index (χ0v) is 10.1. The van der Waals surface area contributed by atoms with Crippen LogP contribution in [0.15, 0.2) is 30.3 Å². The molecule has 1 aliphatic rings. The Kier molecular flexibility index (Phi) is 4.12. The second kappa shape index (κ2) is 5.80. The molecular formula is C13H19N3O. The summed E-state index contributed by atoms with van der Waals surface area (Å²) in [5.41, 5.74) is 5.19. The molecule has 0 saturated heterocycles. The van der Waals surface area contributed by atoms with Gasteiger partial charge in [0.2, 0.25) is 0 Å². The second-order valence-corrected chi connectivity index (χ2v) is 4.12. The second-order valence-electron chi connectivity index (χ2n) is 4.12. The summed E-state index contributed by atoms with van der Waals surface area (Å²) in [6, 6.07) is 1.94. The van der Waals surface area contributed by atoms with Crippen LogP contribution in [-0.2, 0) is 11.2 Å². The molecule has 0 bridgehead atoms. The molecule has 4 heteroatoms. The van der Waals surface area contributed by atoms with Crippen LogP contribution in [0.4, 0.5) is 0 Å². The number of nitrogens with two attached hydrogens (primary N) is 1. The fraction of sp³-hybridized carbons (Fsp3) is 0.462. The van der Waals surface area contributed by atoms with E-state index in [1.807, 2.05) is 12.3 Å². The van der Waals surface area contributed by atoms with Gasteiger partial charge in [-0.1, -0.05) is 6.92 Å². The average molecular weight is 233 g/mol. The summed E-state index contributed by atoms with van der Waals surface area (Å²) in [6.45, 7) is 2.89. The van der Waals surface area contributed by atoms with Gasteiger partial charge in [0.1, 0.15) is 11.8 Å². The van der Waals surface area contributed by atoms with Crippen molar-refractivity contribution in [2.45, 2.75) is 32.2 Å². The van der Waals surface area contributed by atoms with E-state index in [9.17, 15) is 0 Å². The van der Waals surface area contributed by atoms with E-state index in [2.05, 4.69) is 23.4 Å². The highest BCUT2D eigenvalue weighted by molar-refractivity contribution is 5.32. The molecule has 0 fully saturated rings. The van der Waals surface area contributed by atoms with Crippen molar-refractivity contribution in [1.82, 2.24) is 10.4 Å². The summed E-state index contributed by atoms with van der Waals surface area (Å²) in [5.74, 6) is 6.60. The lowest BCUT2D eigenvalue weighted by Gasteiger charge is -2.24. The molecule has 4 nitrogen and oxygen atoms in total. The Morgan fingerprint density at radius 1 is 1.59 bits per heavy atom. The van der Waals surface area contributed by atoms with Crippen LogP contribution in [0.1, 0.15) is 36.9 Å². The minimum atomic E-state index is -0.0618. The molecule has 1 unspecified atom stereocenters. The largest absolute Gasteiger partial charge is 0.496 e. The van der Waals surface area contributed by atoms with E-state index in [0.29, 0.717) is 0 Å². The molecule has 17 heavy (non-hydrogen) atoms. The third kappa shape index (κ3) is 2.65. The van der Waals surface area contributed by atoms with Crippen LogP contribution < -0.4 is 11.3 Å². The Balaban J connectivity index is 2.31. The lowest BCUT2D eigenvalue weighted by Crippen LogP contribution is -2.31. The average Bonchev–Trinajstić information content (AvgIpc) is 2.41. The Hall–Kier alpha value is -1.39. The molecule has 1 aromatic rings. The molecule has 1 atom stereocenters. The minimum absolute atomic E-state index is 0.0618. The van der Waals surface area contributed by atoms with Gasteiger partial charge >= 0.3 is 0 Å². The zero-order chi connectivity index (χ0) is 12.1. The van der Waals surface area contributed by atoms with Crippen molar-refractivity contribution >= 4 is 0 Å². The number of aryl methyl sites for hydroxylation is 1. The summed E-state index contributed by atoms with van der Waals surface area (Å²) >= 11 is 0. The van der Waals surface area contributed by atoms with Crippen LogP contribution >= 0.6 is 0 Å². The van der Waals surface area contributed by atoms with Crippen molar-refractivity contribution in [3.8, 4) is 0 Å². The maximum atomic E-state index is 5.68. The Morgan fingerprint density at radius 2 is 2.47 bits per heavy atom. The van der Waals surface area contributed by atoms with Crippen molar-refractivity contribution in [1.29, 1.82) is 0 Å². The number of ether oxygens (including phenoxy) is 1. The van der Waals surface area contributed by atoms with E-state index in [0.717, 1.165) is 37.2 Å². The van der Waals surface area contributed by atoms with Gasteiger partial charge in [-0.3, -0.25) is 10.8 Å². The van der Waals surface area contributed by atoms with E-state index in [1.165, 1.54) is 5.56 Å². The first-order chi connectivity index (χ1) is 8.36. The molecule has 3 N–H and O–H groups in total. The first kappa shape index (κ1) is 12.1. The van der Waals surface area contributed by atoms with Crippen molar-refractivity contribution in [3.63, 3.8) is 0 Å². The summed E-state index contributed by atoms with van der Waals surface area (Å²) in [6.07, 6.45) is 8.88. The van der Waals surface area contributed by atoms with Crippen molar-refractivity contribution in [2.75, 3.05) is 6.61 Å². The van der Waals surface area contributed by atoms with E-state index in [4.69, 9.17) is 10.6 Å². The third-order valence-electron chi connectivity index (χ3n) is 3.05. The fourth-order valence-electron chi connectivity index (χ4n) is 2.12. The fourth-order valence-corrected chi connectivity index (χ4v) is 2.12. The van der Waals surface area contributed by atoms with Gasteiger partial charge in [-0.2, -0.15) is 0 Å². The predicted octanol–water partition coefficient (Wildman–Crippen LogP) is 1.84. The summed E-state index contributed by atoms with van der Waals surface area (Å²) in [5, 5.41) is 0. The number of pyridine rings is 1. The van der Waals surface area contributed by atoms with E-state index in [1.54, 1.807) is 6.20 Å². The van der Waals surface area contributed by atoms with E-state index >= 15 is 0 Å². The smallest absolute Gasteiger partial charge is 0.115 e. The molecule has 1 aromatic heterocycles. The van der Waals surface area contributed by atoms with Crippen LogP contribution in [0.5, 0.6) is 0 Å². The molecule has 0 amide bonds. The monoisotopic (exact) mass is 233 g/mol. The molecule has 0 aliphatic carbocycles. The maximum Gasteiger partial charge on any atom is 0.115 e. The summed E-state index contributed by atoms with van der Waals surface area (Å²) in [7, 11) is 0. The predicted molar refractivity (Wildman–Crippen MR) is 66.9 cm³/mol. The van der Waals surface area contributed by atoms with Gasteiger partial charge in [-0.05, 0) is 42.5 Å². The molecule has 2 rings (SSSR count). The van der Waals surface area contributed by atoms with Gasteiger partial charge in [-0.15, -0.1) is 0 Å². The summed E-state index contributed by atoms with van der Waals surface area (Å²) in [4.78, 5) is 4.15. The molecule has 0 radical (unpaired) electrons.